The quantitative estimate of drug-likeness (QED) is 0.459. The van der Waals surface area contributed by atoms with Crippen LogP contribution in [0.3, 0.4) is 0 Å². The Morgan fingerprint density at radius 2 is 2.00 bits per heavy atom. The first-order valence-electron chi connectivity index (χ1n) is 8.11. The second-order valence-corrected chi connectivity index (χ2v) is 6.34. The van der Waals surface area contributed by atoms with Crippen molar-refractivity contribution < 1.29 is 9.59 Å². The van der Waals surface area contributed by atoms with Crippen LogP contribution in [0.25, 0.3) is 6.08 Å². The van der Waals surface area contributed by atoms with E-state index >= 15 is 0 Å². The Kier molecular flexibility index (Phi) is 6.58. The lowest BCUT2D eigenvalue weighted by molar-refractivity contribution is -0.129. The van der Waals surface area contributed by atoms with Crippen LogP contribution < -0.4 is 10.2 Å². The molecule has 6 nitrogen and oxygen atoms in total. The van der Waals surface area contributed by atoms with Gasteiger partial charge in [-0.2, -0.15) is 0 Å². The van der Waals surface area contributed by atoms with E-state index in [9.17, 15) is 9.59 Å². The normalized spacial score (nSPS) is 15.5. The Bertz CT molecular complexity index is 696. The molecule has 0 spiro atoms. The number of aliphatic imine (C=N–C) groups is 1. The maximum Gasteiger partial charge on any atom is 0.278 e. The molecule has 0 fully saturated rings. The molecule has 1 aromatic carbocycles. The van der Waals surface area contributed by atoms with Gasteiger partial charge < -0.3 is 10.2 Å². The first kappa shape index (κ1) is 19.0. The van der Waals surface area contributed by atoms with Crippen molar-refractivity contribution in [2.45, 2.75) is 13.3 Å². The lowest BCUT2D eigenvalue weighted by Gasteiger charge is -2.15. The molecule has 0 aliphatic carbocycles. The first-order valence-corrected chi connectivity index (χ1v) is 8.64. The predicted octanol–water partition coefficient (Wildman–Crippen LogP) is 2.10. The van der Waals surface area contributed by atoms with Gasteiger partial charge in [0.05, 0.1) is 0 Å². The number of alkyl halides is 1. The van der Waals surface area contributed by atoms with Crippen LogP contribution in [0, 0.1) is 0 Å². The van der Waals surface area contributed by atoms with Gasteiger partial charge in [-0.3, -0.25) is 14.5 Å². The molecule has 0 bridgehead atoms. The van der Waals surface area contributed by atoms with E-state index in [-0.39, 0.29) is 18.4 Å². The SMILES string of the molecule is CC1=N/C(=C/c2ccc(N(C)C)cc2)C(=O)N1CC(=O)NCCCCl. The summed E-state index contributed by atoms with van der Waals surface area (Å²) in [4.78, 5) is 32.1. The molecule has 0 saturated heterocycles. The molecule has 25 heavy (non-hydrogen) atoms. The summed E-state index contributed by atoms with van der Waals surface area (Å²) in [7, 11) is 3.94. The molecule has 0 radical (unpaired) electrons. The lowest BCUT2D eigenvalue weighted by Crippen LogP contribution is -2.41. The number of halogens is 1. The Morgan fingerprint density at radius 1 is 1.32 bits per heavy atom. The van der Waals surface area contributed by atoms with Crippen LogP contribution in [0.4, 0.5) is 5.69 Å². The molecule has 1 heterocycles. The highest BCUT2D eigenvalue weighted by molar-refractivity contribution is 6.17. The Hall–Kier alpha value is -2.34. The van der Waals surface area contributed by atoms with E-state index in [0.29, 0.717) is 30.4 Å². The molecular formula is C18H23ClN4O2. The zero-order valence-electron chi connectivity index (χ0n) is 14.8. The Morgan fingerprint density at radius 3 is 2.60 bits per heavy atom. The van der Waals surface area contributed by atoms with Crippen molar-refractivity contribution in [2.24, 2.45) is 4.99 Å². The molecule has 0 atom stereocenters. The summed E-state index contributed by atoms with van der Waals surface area (Å²) in [6, 6.07) is 7.82. The van der Waals surface area contributed by atoms with Gasteiger partial charge in [0.15, 0.2) is 0 Å². The van der Waals surface area contributed by atoms with Crippen LogP contribution in [-0.4, -0.2) is 55.6 Å². The smallest absolute Gasteiger partial charge is 0.278 e. The van der Waals surface area contributed by atoms with Crippen molar-refractivity contribution in [1.82, 2.24) is 10.2 Å². The van der Waals surface area contributed by atoms with Crippen molar-refractivity contribution in [3.8, 4) is 0 Å². The van der Waals surface area contributed by atoms with E-state index in [1.165, 1.54) is 4.90 Å². The molecule has 2 amide bonds. The highest BCUT2D eigenvalue weighted by Crippen LogP contribution is 2.20. The monoisotopic (exact) mass is 362 g/mol. The topological polar surface area (TPSA) is 65.0 Å². The number of anilines is 1. The molecule has 1 aliphatic heterocycles. The summed E-state index contributed by atoms with van der Waals surface area (Å²) in [5.41, 5.74) is 2.30. The molecule has 2 rings (SSSR count). The van der Waals surface area contributed by atoms with Gasteiger partial charge in [0.2, 0.25) is 5.91 Å². The third-order valence-electron chi connectivity index (χ3n) is 3.78. The minimum absolute atomic E-state index is 0.0344. The van der Waals surface area contributed by atoms with Gasteiger partial charge in [0.1, 0.15) is 18.1 Å². The number of carbonyl (C=O) groups excluding carboxylic acids is 2. The molecule has 0 saturated carbocycles. The highest BCUT2D eigenvalue weighted by Gasteiger charge is 2.28. The average Bonchev–Trinajstić information content (AvgIpc) is 2.83. The summed E-state index contributed by atoms with van der Waals surface area (Å²) in [5.74, 6) is 0.531. The molecule has 134 valence electrons. The second kappa shape index (κ2) is 8.67. The van der Waals surface area contributed by atoms with Gasteiger partial charge in [-0.1, -0.05) is 12.1 Å². The van der Waals surface area contributed by atoms with Crippen LogP contribution in [0.5, 0.6) is 0 Å². The maximum absolute atomic E-state index is 12.5. The number of carbonyl (C=O) groups is 2. The van der Waals surface area contributed by atoms with E-state index in [4.69, 9.17) is 11.6 Å². The minimum atomic E-state index is -0.262. The zero-order chi connectivity index (χ0) is 18.4. The van der Waals surface area contributed by atoms with E-state index in [1.54, 1.807) is 13.0 Å². The van der Waals surface area contributed by atoms with Crippen LogP contribution in [0.1, 0.15) is 18.9 Å². The lowest BCUT2D eigenvalue weighted by atomic mass is 10.1. The number of nitrogens with zero attached hydrogens (tertiary/aromatic N) is 3. The first-order chi connectivity index (χ1) is 11.9. The van der Waals surface area contributed by atoms with Crippen LogP contribution in [-0.2, 0) is 9.59 Å². The van der Waals surface area contributed by atoms with Gasteiger partial charge >= 0.3 is 0 Å². The number of benzene rings is 1. The standard InChI is InChI=1S/C18H23ClN4O2/c1-13-21-16(11-14-5-7-15(8-6-14)22(2)3)18(25)23(13)12-17(24)20-10-4-9-19/h5-8,11H,4,9-10,12H2,1-3H3,(H,20,24)/b16-11+. The van der Waals surface area contributed by atoms with E-state index in [1.807, 2.05) is 43.3 Å². The van der Waals surface area contributed by atoms with Crippen molar-refractivity contribution in [3.63, 3.8) is 0 Å². The zero-order valence-corrected chi connectivity index (χ0v) is 15.5. The Labute approximate surface area is 153 Å². The molecular weight excluding hydrogens is 340 g/mol. The van der Waals surface area contributed by atoms with Crippen molar-refractivity contribution in [2.75, 3.05) is 38.0 Å². The number of hydrogen-bond donors (Lipinski definition) is 1. The molecule has 1 N–H and O–H groups in total. The minimum Gasteiger partial charge on any atom is -0.378 e. The number of rotatable bonds is 7. The van der Waals surface area contributed by atoms with Crippen molar-refractivity contribution >= 4 is 41.0 Å². The molecule has 1 aromatic rings. The number of hydrogen-bond acceptors (Lipinski definition) is 4. The highest BCUT2D eigenvalue weighted by atomic mass is 35.5. The fourth-order valence-electron chi connectivity index (χ4n) is 2.37. The summed E-state index contributed by atoms with van der Waals surface area (Å²) >= 11 is 5.58. The number of amidine groups is 1. The predicted molar refractivity (Wildman–Crippen MR) is 102 cm³/mol. The van der Waals surface area contributed by atoms with Crippen molar-refractivity contribution in [1.29, 1.82) is 0 Å². The number of amides is 2. The Balaban J connectivity index is 2.04. The summed E-state index contributed by atoms with van der Waals surface area (Å²) < 4.78 is 0. The van der Waals surface area contributed by atoms with E-state index in [0.717, 1.165) is 11.3 Å². The summed E-state index contributed by atoms with van der Waals surface area (Å²) in [5, 5.41) is 2.74. The summed E-state index contributed by atoms with van der Waals surface area (Å²) in [6.07, 6.45) is 2.43. The van der Waals surface area contributed by atoms with Gasteiger partial charge in [-0.15, -0.1) is 11.6 Å². The third-order valence-corrected chi connectivity index (χ3v) is 4.05. The largest absolute Gasteiger partial charge is 0.378 e. The molecule has 1 aliphatic rings. The van der Waals surface area contributed by atoms with Crippen LogP contribution in [0.2, 0.25) is 0 Å². The van der Waals surface area contributed by atoms with Crippen molar-refractivity contribution in [3.05, 3.63) is 35.5 Å². The molecule has 7 heteroatoms. The molecule has 0 aromatic heterocycles. The number of nitrogens with one attached hydrogen (secondary N) is 1. The fourth-order valence-corrected chi connectivity index (χ4v) is 2.50. The third kappa shape index (κ3) is 5.06. The van der Waals surface area contributed by atoms with Gasteiger partial charge in [0, 0.05) is 32.2 Å². The maximum atomic E-state index is 12.5. The fraction of sp³-hybridized carbons (Fsp3) is 0.389. The van der Waals surface area contributed by atoms with Crippen LogP contribution >= 0.6 is 11.6 Å². The van der Waals surface area contributed by atoms with Gasteiger partial charge in [-0.05, 0) is 37.1 Å². The van der Waals surface area contributed by atoms with E-state index < -0.39 is 0 Å². The summed E-state index contributed by atoms with van der Waals surface area (Å²) in [6.45, 7) is 2.19. The molecule has 0 unspecified atom stereocenters. The van der Waals surface area contributed by atoms with Gasteiger partial charge in [0.25, 0.3) is 5.91 Å². The van der Waals surface area contributed by atoms with Crippen LogP contribution in [0.15, 0.2) is 35.0 Å². The average molecular weight is 363 g/mol. The van der Waals surface area contributed by atoms with Gasteiger partial charge in [-0.25, -0.2) is 4.99 Å². The second-order valence-electron chi connectivity index (χ2n) is 5.96. The van der Waals surface area contributed by atoms with E-state index in [2.05, 4.69) is 10.3 Å².